The van der Waals surface area contributed by atoms with Crippen molar-refractivity contribution in [1.29, 1.82) is 0 Å². The Morgan fingerprint density at radius 2 is 2.03 bits per heavy atom. The first-order chi connectivity index (χ1) is 14.7. The Balaban J connectivity index is 1.40. The second-order valence-corrected chi connectivity index (χ2v) is 9.96. The molecule has 1 saturated carbocycles. The molecule has 0 spiro atoms. The number of benzene rings is 1. The highest BCUT2D eigenvalue weighted by Gasteiger charge is 2.17. The first kappa shape index (κ1) is 21.6. The van der Waals surface area contributed by atoms with Gasteiger partial charge in [-0.25, -0.2) is 4.98 Å². The number of aryl methyl sites for hydroxylation is 1. The fraction of sp³-hybridized carbons (Fsp3) is 0.435. The maximum Gasteiger partial charge on any atom is 0.191 e. The standard InChI is InChI=1S/C23H27ClN4S2/c1-2-14-28-21(13-12-17-8-4-3-5-9-17)26-27-23(28)30-16-18-15-29-22(25-18)19-10-6-7-11-20(19)24/h2,6-7,10-11,15,17H,1,3-5,8-9,12-14,16H2. The first-order valence-corrected chi connectivity index (χ1v) is 12.8. The molecule has 4 nitrogen and oxygen atoms in total. The van der Waals surface area contributed by atoms with Crippen LogP contribution in [-0.2, 0) is 18.7 Å². The van der Waals surface area contributed by atoms with E-state index in [1.54, 1.807) is 23.1 Å². The topological polar surface area (TPSA) is 43.6 Å². The van der Waals surface area contributed by atoms with Crippen molar-refractivity contribution < 1.29 is 0 Å². The zero-order valence-corrected chi connectivity index (χ0v) is 19.5. The van der Waals surface area contributed by atoms with Gasteiger partial charge < -0.3 is 4.57 Å². The third kappa shape index (κ3) is 5.34. The van der Waals surface area contributed by atoms with Crippen LogP contribution in [0.3, 0.4) is 0 Å². The van der Waals surface area contributed by atoms with E-state index in [0.717, 1.165) is 56.9 Å². The Hall–Kier alpha value is -1.63. The van der Waals surface area contributed by atoms with Crippen LogP contribution in [0.5, 0.6) is 0 Å². The van der Waals surface area contributed by atoms with Gasteiger partial charge in [-0.2, -0.15) is 0 Å². The Morgan fingerprint density at radius 1 is 1.20 bits per heavy atom. The Morgan fingerprint density at radius 3 is 2.83 bits per heavy atom. The number of hydrogen-bond acceptors (Lipinski definition) is 5. The van der Waals surface area contributed by atoms with Crippen LogP contribution in [0, 0.1) is 5.92 Å². The molecule has 158 valence electrons. The second-order valence-electron chi connectivity index (χ2n) is 7.75. The van der Waals surface area contributed by atoms with Gasteiger partial charge in [0.1, 0.15) is 10.8 Å². The minimum absolute atomic E-state index is 0.736. The van der Waals surface area contributed by atoms with Gasteiger partial charge in [-0.05, 0) is 18.4 Å². The van der Waals surface area contributed by atoms with E-state index in [1.165, 1.54) is 38.5 Å². The number of aromatic nitrogens is 4. The van der Waals surface area contributed by atoms with Gasteiger partial charge in [0.05, 0.1) is 10.7 Å². The third-order valence-corrected chi connectivity index (χ3v) is 7.87. The van der Waals surface area contributed by atoms with Gasteiger partial charge in [-0.3, -0.25) is 0 Å². The lowest BCUT2D eigenvalue weighted by molar-refractivity contribution is 0.336. The molecule has 1 aliphatic carbocycles. The first-order valence-electron chi connectivity index (χ1n) is 10.6. The molecule has 1 fully saturated rings. The number of nitrogens with zero attached hydrogens (tertiary/aromatic N) is 4. The summed E-state index contributed by atoms with van der Waals surface area (Å²) in [5, 5.41) is 13.7. The molecule has 3 aromatic rings. The smallest absolute Gasteiger partial charge is 0.191 e. The molecule has 1 aliphatic rings. The second kappa shape index (κ2) is 10.6. The Kier molecular flexibility index (Phi) is 7.63. The van der Waals surface area contributed by atoms with E-state index in [1.807, 2.05) is 30.3 Å². The van der Waals surface area contributed by atoms with Crippen LogP contribution in [0.1, 0.15) is 50.0 Å². The van der Waals surface area contributed by atoms with Crippen molar-refractivity contribution >= 4 is 34.7 Å². The van der Waals surface area contributed by atoms with Gasteiger partial charge in [0.2, 0.25) is 0 Å². The van der Waals surface area contributed by atoms with Crippen molar-refractivity contribution in [2.75, 3.05) is 0 Å². The third-order valence-electron chi connectivity index (χ3n) is 5.61. The van der Waals surface area contributed by atoms with Crippen LogP contribution in [0.2, 0.25) is 5.02 Å². The average molecular weight is 459 g/mol. The number of hydrogen-bond donors (Lipinski definition) is 0. The molecule has 4 rings (SSSR count). The summed E-state index contributed by atoms with van der Waals surface area (Å²) in [6.07, 6.45) is 11.1. The van der Waals surface area contributed by atoms with Gasteiger partial charge in [0, 0.05) is 29.7 Å². The molecule has 0 bridgehead atoms. The minimum Gasteiger partial charge on any atom is -0.302 e. The van der Waals surface area contributed by atoms with Gasteiger partial charge in [0.15, 0.2) is 5.16 Å². The maximum atomic E-state index is 6.32. The van der Waals surface area contributed by atoms with Crippen molar-refractivity contribution in [3.05, 3.63) is 58.8 Å². The van der Waals surface area contributed by atoms with Crippen molar-refractivity contribution in [2.45, 2.75) is 62.4 Å². The van der Waals surface area contributed by atoms with E-state index in [4.69, 9.17) is 16.6 Å². The summed E-state index contributed by atoms with van der Waals surface area (Å²) in [6.45, 7) is 4.67. The number of halogens is 1. The quantitative estimate of drug-likeness (QED) is 0.254. The summed E-state index contributed by atoms with van der Waals surface area (Å²) < 4.78 is 2.21. The zero-order valence-electron chi connectivity index (χ0n) is 17.1. The van der Waals surface area contributed by atoms with Crippen LogP contribution >= 0.6 is 34.7 Å². The number of allylic oxidation sites excluding steroid dienone is 1. The SMILES string of the molecule is C=CCn1c(CCC2CCCCC2)nnc1SCc1csc(-c2ccccc2Cl)n1. The fourth-order valence-corrected chi connectivity index (χ4v) is 6.11. The van der Waals surface area contributed by atoms with Crippen LogP contribution < -0.4 is 0 Å². The number of rotatable bonds is 9. The summed E-state index contributed by atoms with van der Waals surface area (Å²) in [5.74, 6) is 2.69. The molecule has 30 heavy (non-hydrogen) atoms. The molecular formula is C23H27ClN4S2. The molecule has 7 heteroatoms. The minimum atomic E-state index is 0.736. The maximum absolute atomic E-state index is 6.32. The average Bonchev–Trinajstić information content (AvgIpc) is 3.39. The van der Waals surface area contributed by atoms with E-state index < -0.39 is 0 Å². The highest BCUT2D eigenvalue weighted by molar-refractivity contribution is 7.98. The van der Waals surface area contributed by atoms with Crippen LogP contribution in [-0.4, -0.2) is 19.7 Å². The predicted molar refractivity (Wildman–Crippen MR) is 127 cm³/mol. The fourth-order valence-electron chi connectivity index (χ4n) is 4.00. The van der Waals surface area contributed by atoms with E-state index in [2.05, 4.69) is 26.7 Å². The highest BCUT2D eigenvalue weighted by atomic mass is 35.5. The summed E-state index contributed by atoms with van der Waals surface area (Å²) >= 11 is 9.63. The summed E-state index contributed by atoms with van der Waals surface area (Å²) in [4.78, 5) is 4.77. The van der Waals surface area contributed by atoms with Crippen molar-refractivity contribution in [2.24, 2.45) is 5.92 Å². The van der Waals surface area contributed by atoms with Crippen molar-refractivity contribution in [3.63, 3.8) is 0 Å². The number of thioether (sulfide) groups is 1. The Labute approximate surface area is 191 Å². The highest BCUT2D eigenvalue weighted by Crippen LogP contribution is 2.32. The molecule has 0 unspecified atom stereocenters. The lowest BCUT2D eigenvalue weighted by Crippen LogP contribution is -2.10. The normalized spacial score (nSPS) is 14.8. The van der Waals surface area contributed by atoms with Gasteiger partial charge in [-0.1, -0.05) is 79.7 Å². The van der Waals surface area contributed by atoms with E-state index in [9.17, 15) is 0 Å². The monoisotopic (exact) mass is 458 g/mol. The van der Waals surface area contributed by atoms with Crippen LogP contribution in [0.25, 0.3) is 10.6 Å². The van der Waals surface area contributed by atoms with Crippen LogP contribution in [0.4, 0.5) is 0 Å². The largest absolute Gasteiger partial charge is 0.302 e. The molecule has 2 heterocycles. The van der Waals surface area contributed by atoms with E-state index >= 15 is 0 Å². The molecule has 0 N–H and O–H groups in total. The van der Waals surface area contributed by atoms with Gasteiger partial charge in [0.25, 0.3) is 0 Å². The van der Waals surface area contributed by atoms with Crippen molar-refractivity contribution in [1.82, 2.24) is 19.7 Å². The molecule has 0 atom stereocenters. The molecule has 0 radical (unpaired) electrons. The Bertz CT molecular complexity index is 975. The summed E-state index contributed by atoms with van der Waals surface area (Å²) in [7, 11) is 0. The van der Waals surface area contributed by atoms with Crippen LogP contribution in [0.15, 0.2) is 47.5 Å². The number of thiazole rings is 1. The zero-order chi connectivity index (χ0) is 20.8. The van der Waals surface area contributed by atoms with E-state index in [-0.39, 0.29) is 0 Å². The van der Waals surface area contributed by atoms with Crippen molar-refractivity contribution in [3.8, 4) is 10.6 Å². The van der Waals surface area contributed by atoms with Gasteiger partial charge >= 0.3 is 0 Å². The summed E-state index contributed by atoms with van der Waals surface area (Å²) in [5.41, 5.74) is 2.03. The van der Waals surface area contributed by atoms with E-state index in [0.29, 0.717) is 0 Å². The molecule has 0 aliphatic heterocycles. The molecule has 0 amide bonds. The van der Waals surface area contributed by atoms with Gasteiger partial charge in [-0.15, -0.1) is 28.1 Å². The molecular weight excluding hydrogens is 432 g/mol. The predicted octanol–water partition coefficient (Wildman–Crippen LogP) is 7.05. The molecule has 2 aromatic heterocycles. The lowest BCUT2D eigenvalue weighted by Gasteiger charge is -2.21. The summed E-state index contributed by atoms with van der Waals surface area (Å²) in [6, 6.07) is 7.84. The molecule has 0 saturated heterocycles. The molecule has 1 aromatic carbocycles. The lowest BCUT2D eigenvalue weighted by atomic mass is 9.86.